The average Bonchev–Trinajstić information content (AvgIpc) is 2.75. The van der Waals surface area contributed by atoms with Gasteiger partial charge in [-0.3, -0.25) is 0 Å². The Morgan fingerprint density at radius 3 is 2.39 bits per heavy atom. The molecule has 3 rings (SSSR count). The van der Waals surface area contributed by atoms with Crippen molar-refractivity contribution in [1.82, 2.24) is 0 Å². The van der Waals surface area contributed by atoms with Crippen molar-refractivity contribution in [2.24, 2.45) is 0 Å². The van der Waals surface area contributed by atoms with E-state index in [1.165, 1.54) is 0 Å². The predicted molar refractivity (Wildman–Crippen MR) is 76.7 cm³/mol. The Morgan fingerprint density at radius 1 is 0.778 bits per heavy atom. The van der Waals surface area contributed by atoms with Crippen molar-refractivity contribution in [1.29, 1.82) is 0 Å². The normalized spacial score (nSPS) is 11.1. The molecule has 0 spiro atoms. The van der Waals surface area contributed by atoms with Crippen LogP contribution in [0.1, 0.15) is 0 Å². The summed E-state index contributed by atoms with van der Waals surface area (Å²) in [5.41, 5.74) is 1.68. The Kier molecular flexibility index (Phi) is 2.98. The lowest BCUT2D eigenvalue weighted by atomic mass is 10.1. The molecular formula is C14H7Cl3O. The zero-order valence-corrected chi connectivity index (χ0v) is 11.4. The fraction of sp³-hybridized carbons (Fsp3) is 0. The van der Waals surface area contributed by atoms with Crippen molar-refractivity contribution in [3.05, 3.63) is 57.5 Å². The quantitative estimate of drug-likeness (QED) is 0.532. The average molecular weight is 298 g/mol. The summed E-state index contributed by atoms with van der Waals surface area (Å²) in [5, 5.41) is 2.68. The molecule has 0 atom stereocenters. The first-order chi connectivity index (χ1) is 8.63. The van der Waals surface area contributed by atoms with E-state index >= 15 is 0 Å². The third kappa shape index (κ3) is 2.10. The van der Waals surface area contributed by atoms with Crippen LogP contribution in [0.5, 0.6) is 0 Å². The van der Waals surface area contributed by atoms with Crippen molar-refractivity contribution < 1.29 is 4.42 Å². The molecule has 0 aliphatic rings. The predicted octanol–water partition coefficient (Wildman–Crippen LogP) is 6.06. The van der Waals surface area contributed by atoms with E-state index in [0.717, 1.165) is 22.3 Å². The summed E-state index contributed by atoms with van der Waals surface area (Å²) < 4.78 is 5.74. The van der Waals surface area contributed by atoms with Gasteiger partial charge in [0, 0.05) is 16.0 Å². The molecule has 2 aromatic carbocycles. The van der Waals surface area contributed by atoms with Gasteiger partial charge in [0.05, 0.1) is 10.0 Å². The Bertz CT molecular complexity index is 731. The Balaban J connectivity index is 2.16. The molecule has 0 unspecified atom stereocenters. The molecule has 0 aliphatic carbocycles. The Hall–Kier alpha value is -1.15. The van der Waals surface area contributed by atoms with Gasteiger partial charge < -0.3 is 4.42 Å². The van der Waals surface area contributed by atoms with Gasteiger partial charge in [-0.1, -0.05) is 34.8 Å². The molecule has 0 fully saturated rings. The van der Waals surface area contributed by atoms with E-state index in [-0.39, 0.29) is 0 Å². The highest BCUT2D eigenvalue weighted by atomic mass is 35.5. The van der Waals surface area contributed by atoms with Gasteiger partial charge >= 0.3 is 0 Å². The molecule has 4 heteroatoms. The molecule has 1 aromatic heterocycles. The number of furan rings is 1. The third-order valence-electron chi connectivity index (χ3n) is 2.68. The summed E-state index contributed by atoms with van der Waals surface area (Å²) in [6, 6.07) is 12.8. The molecule has 0 N–H and O–H groups in total. The number of hydrogen-bond acceptors (Lipinski definition) is 1. The molecular weight excluding hydrogens is 291 g/mol. The van der Waals surface area contributed by atoms with E-state index in [0.29, 0.717) is 15.1 Å². The van der Waals surface area contributed by atoms with Gasteiger partial charge in [0.2, 0.25) is 0 Å². The highest BCUT2D eigenvalue weighted by molar-refractivity contribution is 6.42. The molecule has 90 valence electrons. The van der Waals surface area contributed by atoms with Crippen molar-refractivity contribution in [2.45, 2.75) is 0 Å². The molecule has 0 aliphatic heterocycles. The van der Waals surface area contributed by atoms with Gasteiger partial charge in [-0.05, 0) is 42.5 Å². The van der Waals surface area contributed by atoms with E-state index in [1.807, 2.05) is 24.3 Å². The van der Waals surface area contributed by atoms with Crippen LogP contribution in [0, 0.1) is 0 Å². The number of fused-ring (bicyclic) bond motifs is 1. The van der Waals surface area contributed by atoms with E-state index in [9.17, 15) is 0 Å². The van der Waals surface area contributed by atoms with Crippen LogP contribution in [0.15, 0.2) is 46.9 Å². The van der Waals surface area contributed by atoms with Crippen LogP contribution in [0.3, 0.4) is 0 Å². The first kappa shape index (κ1) is 11.9. The maximum atomic E-state index is 5.99. The van der Waals surface area contributed by atoms with Crippen molar-refractivity contribution in [3.8, 4) is 11.3 Å². The van der Waals surface area contributed by atoms with Crippen LogP contribution < -0.4 is 0 Å². The molecule has 0 radical (unpaired) electrons. The molecule has 0 amide bonds. The zero-order valence-electron chi connectivity index (χ0n) is 9.08. The number of hydrogen-bond donors (Lipinski definition) is 0. The lowest BCUT2D eigenvalue weighted by Gasteiger charge is -1.99. The summed E-state index contributed by atoms with van der Waals surface area (Å²) in [5.74, 6) is 0.742. The molecule has 0 saturated heterocycles. The first-order valence-corrected chi connectivity index (χ1v) is 6.41. The summed E-state index contributed by atoms with van der Waals surface area (Å²) in [4.78, 5) is 0. The molecule has 1 nitrogen and oxygen atoms in total. The van der Waals surface area contributed by atoms with Crippen molar-refractivity contribution >= 4 is 45.8 Å². The summed E-state index contributed by atoms with van der Waals surface area (Å²) in [6.45, 7) is 0. The monoisotopic (exact) mass is 296 g/mol. The van der Waals surface area contributed by atoms with Crippen LogP contribution in [0.2, 0.25) is 15.1 Å². The van der Waals surface area contributed by atoms with Gasteiger partial charge in [0.1, 0.15) is 11.3 Å². The smallest absolute Gasteiger partial charge is 0.135 e. The molecule has 18 heavy (non-hydrogen) atoms. The number of rotatable bonds is 1. The molecule has 3 aromatic rings. The van der Waals surface area contributed by atoms with Gasteiger partial charge in [0.15, 0.2) is 0 Å². The summed E-state index contributed by atoms with van der Waals surface area (Å²) >= 11 is 17.8. The lowest BCUT2D eigenvalue weighted by Crippen LogP contribution is -1.74. The van der Waals surface area contributed by atoms with E-state index in [1.54, 1.807) is 18.2 Å². The highest BCUT2D eigenvalue weighted by Crippen LogP contribution is 2.32. The van der Waals surface area contributed by atoms with Gasteiger partial charge in [-0.2, -0.15) is 0 Å². The fourth-order valence-electron chi connectivity index (χ4n) is 1.81. The summed E-state index contributed by atoms with van der Waals surface area (Å²) in [7, 11) is 0. The van der Waals surface area contributed by atoms with Crippen LogP contribution in [0.25, 0.3) is 22.3 Å². The van der Waals surface area contributed by atoms with Gasteiger partial charge in [-0.25, -0.2) is 0 Å². The second-order valence-corrected chi connectivity index (χ2v) is 5.17. The molecule has 0 bridgehead atoms. The van der Waals surface area contributed by atoms with E-state index in [2.05, 4.69) is 0 Å². The zero-order chi connectivity index (χ0) is 12.7. The second kappa shape index (κ2) is 4.51. The van der Waals surface area contributed by atoms with Crippen molar-refractivity contribution in [3.63, 3.8) is 0 Å². The van der Waals surface area contributed by atoms with E-state index in [4.69, 9.17) is 39.2 Å². The highest BCUT2D eigenvalue weighted by Gasteiger charge is 2.08. The first-order valence-electron chi connectivity index (χ1n) is 5.28. The Labute approximate surface area is 119 Å². The molecule has 0 saturated carbocycles. The minimum atomic E-state index is 0.507. The third-order valence-corrected chi connectivity index (χ3v) is 3.66. The fourth-order valence-corrected chi connectivity index (χ4v) is 2.28. The van der Waals surface area contributed by atoms with Crippen LogP contribution in [-0.4, -0.2) is 0 Å². The Morgan fingerprint density at radius 2 is 1.61 bits per heavy atom. The lowest BCUT2D eigenvalue weighted by molar-refractivity contribution is 0.631. The standard InChI is InChI=1S/C14H7Cl3O/c15-10-2-4-13-9(5-10)7-14(18-13)8-1-3-11(16)12(17)6-8/h1-7H. The van der Waals surface area contributed by atoms with Crippen LogP contribution in [-0.2, 0) is 0 Å². The minimum absolute atomic E-state index is 0.507. The maximum absolute atomic E-state index is 5.99. The van der Waals surface area contributed by atoms with E-state index < -0.39 is 0 Å². The maximum Gasteiger partial charge on any atom is 0.135 e. The van der Waals surface area contributed by atoms with Gasteiger partial charge in [0.25, 0.3) is 0 Å². The second-order valence-electron chi connectivity index (χ2n) is 3.92. The summed E-state index contributed by atoms with van der Waals surface area (Å²) in [6.07, 6.45) is 0. The van der Waals surface area contributed by atoms with Crippen LogP contribution >= 0.6 is 34.8 Å². The topological polar surface area (TPSA) is 13.1 Å². The minimum Gasteiger partial charge on any atom is -0.456 e. The SMILES string of the molecule is Clc1ccc2oc(-c3ccc(Cl)c(Cl)c3)cc2c1. The van der Waals surface area contributed by atoms with Crippen LogP contribution in [0.4, 0.5) is 0 Å². The molecule has 1 heterocycles. The number of benzene rings is 2. The van der Waals surface area contributed by atoms with Gasteiger partial charge in [-0.15, -0.1) is 0 Å². The van der Waals surface area contributed by atoms with Crippen molar-refractivity contribution in [2.75, 3.05) is 0 Å². The number of halogens is 3. The largest absolute Gasteiger partial charge is 0.456 e.